The fraction of sp³-hybridized carbons (Fsp3) is 0.500. The highest BCUT2D eigenvalue weighted by atomic mass is 16.5. The number of carbonyl (C=O) groups excluding carboxylic acids is 1. The van der Waals surface area contributed by atoms with E-state index in [1.807, 2.05) is 0 Å². The first-order chi connectivity index (χ1) is 9.52. The fourth-order valence-electron chi connectivity index (χ4n) is 1.75. The largest absolute Gasteiger partial charge is 0.508 e. The van der Waals surface area contributed by atoms with Crippen LogP contribution < -0.4 is 11.1 Å². The van der Waals surface area contributed by atoms with Gasteiger partial charge in [-0.15, -0.1) is 0 Å². The van der Waals surface area contributed by atoms with Crippen molar-refractivity contribution in [1.82, 2.24) is 5.32 Å². The molecule has 112 valence electrons. The van der Waals surface area contributed by atoms with Crippen molar-refractivity contribution in [3.05, 3.63) is 29.8 Å². The molecule has 0 spiro atoms. The van der Waals surface area contributed by atoms with Gasteiger partial charge in [-0.1, -0.05) is 12.1 Å². The van der Waals surface area contributed by atoms with Crippen molar-refractivity contribution in [2.75, 3.05) is 20.3 Å². The highest BCUT2D eigenvalue weighted by Gasteiger charge is 2.14. The molecule has 0 heterocycles. The molecule has 0 radical (unpaired) electrons. The van der Waals surface area contributed by atoms with E-state index in [1.54, 1.807) is 24.3 Å². The van der Waals surface area contributed by atoms with Crippen molar-refractivity contribution in [3.8, 4) is 5.75 Å². The van der Waals surface area contributed by atoms with Gasteiger partial charge in [0.1, 0.15) is 5.75 Å². The zero-order valence-corrected chi connectivity index (χ0v) is 11.6. The lowest BCUT2D eigenvalue weighted by Crippen LogP contribution is -2.43. The van der Waals surface area contributed by atoms with Crippen molar-refractivity contribution < 1.29 is 19.7 Å². The van der Waals surface area contributed by atoms with Crippen LogP contribution in [0.2, 0.25) is 0 Å². The molecule has 6 nitrogen and oxygen atoms in total. The number of phenols is 1. The van der Waals surface area contributed by atoms with Gasteiger partial charge >= 0.3 is 0 Å². The third-order valence-electron chi connectivity index (χ3n) is 2.86. The summed E-state index contributed by atoms with van der Waals surface area (Å²) in [6.45, 7) is 0.599. The van der Waals surface area contributed by atoms with Crippen LogP contribution in [0, 0.1) is 0 Å². The van der Waals surface area contributed by atoms with Crippen LogP contribution >= 0.6 is 0 Å². The Balaban J connectivity index is 2.30. The van der Waals surface area contributed by atoms with Crippen LogP contribution in [-0.2, 0) is 16.0 Å². The maximum absolute atomic E-state index is 11.8. The summed E-state index contributed by atoms with van der Waals surface area (Å²) in [5, 5.41) is 21.3. The summed E-state index contributed by atoms with van der Waals surface area (Å²) in [6.07, 6.45) is 0.228. The molecule has 0 saturated carbocycles. The maximum atomic E-state index is 11.8. The molecule has 0 saturated heterocycles. The molecule has 1 rings (SSSR count). The number of rotatable bonds is 8. The lowest BCUT2D eigenvalue weighted by molar-refractivity contribution is -0.122. The number of phenolic OH excluding ortho intramolecular Hbond substituents is 1. The number of aromatic hydroxyl groups is 1. The van der Waals surface area contributed by atoms with Gasteiger partial charge in [-0.3, -0.25) is 4.79 Å². The van der Waals surface area contributed by atoms with Crippen LogP contribution in [0.5, 0.6) is 5.75 Å². The zero-order chi connectivity index (χ0) is 15.0. The van der Waals surface area contributed by atoms with E-state index in [2.05, 4.69) is 5.32 Å². The molecule has 0 aromatic heterocycles. The van der Waals surface area contributed by atoms with E-state index in [0.29, 0.717) is 19.4 Å². The lowest BCUT2D eigenvalue weighted by Gasteiger charge is -2.14. The minimum Gasteiger partial charge on any atom is -0.508 e. The third kappa shape index (κ3) is 6.01. The molecule has 6 heteroatoms. The highest BCUT2D eigenvalue weighted by molar-refractivity contribution is 5.81. The first-order valence-corrected chi connectivity index (χ1v) is 6.51. The number of methoxy groups -OCH3 is 1. The van der Waals surface area contributed by atoms with E-state index in [0.717, 1.165) is 5.56 Å². The molecule has 0 fully saturated rings. The fourth-order valence-corrected chi connectivity index (χ4v) is 1.75. The Bertz CT molecular complexity index is 408. The number of aliphatic hydroxyl groups excluding tert-OH is 1. The van der Waals surface area contributed by atoms with Crippen LogP contribution in [0.25, 0.3) is 0 Å². The lowest BCUT2D eigenvalue weighted by atomic mass is 10.1. The van der Waals surface area contributed by atoms with Crippen LogP contribution in [0.1, 0.15) is 12.0 Å². The number of benzene rings is 1. The third-order valence-corrected chi connectivity index (χ3v) is 2.86. The van der Waals surface area contributed by atoms with Gasteiger partial charge in [0.2, 0.25) is 5.91 Å². The molecule has 0 aliphatic heterocycles. The van der Waals surface area contributed by atoms with Gasteiger partial charge in [-0.25, -0.2) is 0 Å². The van der Waals surface area contributed by atoms with E-state index in [-0.39, 0.29) is 18.3 Å². The number of amides is 1. The van der Waals surface area contributed by atoms with Gasteiger partial charge < -0.3 is 26.0 Å². The Morgan fingerprint density at radius 2 is 2.05 bits per heavy atom. The molecule has 1 aromatic carbocycles. The number of hydrogen-bond acceptors (Lipinski definition) is 5. The first-order valence-electron chi connectivity index (χ1n) is 6.51. The number of hydrogen-bond donors (Lipinski definition) is 4. The number of aliphatic hydroxyl groups is 1. The summed E-state index contributed by atoms with van der Waals surface area (Å²) in [5.41, 5.74) is 6.68. The maximum Gasteiger partial charge on any atom is 0.237 e. The molecule has 1 unspecified atom stereocenters. The number of carbonyl (C=O) groups is 1. The van der Waals surface area contributed by atoms with E-state index in [9.17, 15) is 9.90 Å². The van der Waals surface area contributed by atoms with Gasteiger partial charge in [-0.2, -0.15) is 0 Å². The van der Waals surface area contributed by atoms with Crippen LogP contribution in [0.15, 0.2) is 24.3 Å². The topological polar surface area (TPSA) is 105 Å². The predicted molar refractivity (Wildman–Crippen MR) is 75.3 cm³/mol. The van der Waals surface area contributed by atoms with Crippen molar-refractivity contribution >= 4 is 5.91 Å². The normalized spacial score (nSPS) is 13.8. The summed E-state index contributed by atoms with van der Waals surface area (Å²) in [5.74, 6) is -0.0819. The summed E-state index contributed by atoms with van der Waals surface area (Å²) in [7, 11) is 1.51. The van der Waals surface area contributed by atoms with Crippen LogP contribution in [0.4, 0.5) is 0 Å². The second-order valence-electron chi connectivity index (χ2n) is 4.67. The van der Waals surface area contributed by atoms with Gasteiger partial charge in [0.25, 0.3) is 0 Å². The molecule has 0 aliphatic rings. The smallest absolute Gasteiger partial charge is 0.237 e. The second-order valence-corrected chi connectivity index (χ2v) is 4.67. The zero-order valence-electron chi connectivity index (χ0n) is 11.6. The Labute approximate surface area is 118 Å². The summed E-state index contributed by atoms with van der Waals surface area (Å²) < 4.78 is 4.79. The Hall–Kier alpha value is -1.63. The van der Waals surface area contributed by atoms with E-state index >= 15 is 0 Å². The van der Waals surface area contributed by atoms with Gasteiger partial charge in [0.15, 0.2) is 0 Å². The van der Waals surface area contributed by atoms with Gasteiger partial charge in [-0.05, 0) is 30.5 Å². The molecular formula is C14H22N2O4. The summed E-state index contributed by atoms with van der Waals surface area (Å²) in [6, 6.07) is 5.91. The van der Waals surface area contributed by atoms with Crippen molar-refractivity contribution in [2.24, 2.45) is 5.73 Å². The van der Waals surface area contributed by atoms with Crippen molar-refractivity contribution in [2.45, 2.75) is 25.0 Å². The molecule has 1 aromatic rings. The van der Waals surface area contributed by atoms with Crippen molar-refractivity contribution in [3.63, 3.8) is 0 Å². The van der Waals surface area contributed by atoms with E-state index < -0.39 is 12.1 Å². The van der Waals surface area contributed by atoms with Gasteiger partial charge in [0, 0.05) is 13.7 Å². The average Bonchev–Trinajstić information content (AvgIpc) is 2.41. The SMILES string of the molecule is COCC(O)CCNC(=O)[C@H](N)Cc1ccc(O)cc1. The summed E-state index contributed by atoms with van der Waals surface area (Å²) >= 11 is 0. The Morgan fingerprint density at radius 3 is 2.65 bits per heavy atom. The number of ether oxygens (including phenoxy) is 1. The molecule has 5 N–H and O–H groups in total. The minimum atomic E-state index is -0.654. The molecule has 20 heavy (non-hydrogen) atoms. The monoisotopic (exact) mass is 282 g/mol. The minimum absolute atomic E-state index is 0.180. The van der Waals surface area contributed by atoms with Gasteiger partial charge in [0.05, 0.1) is 18.8 Å². The quantitative estimate of drug-likeness (QED) is 0.527. The standard InChI is InChI=1S/C14H22N2O4/c1-20-9-12(18)6-7-16-14(19)13(15)8-10-2-4-11(17)5-3-10/h2-5,12-13,17-18H,6-9,15H2,1H3,(H,16,19)/t12?,13-/m1/s1. The number of nitrogens with one attached hydrogen (secondary N) is 1. The molecule has 1 amide bonds. The molecule has 0 bridgehead atoms. The second kappa shape index (κ2) is 8.52. The first kappa shape index (κ1) is 16.4. The Kier molecular flexibility index (Phi) is 7.00. The van der Waals surface area contributed by atoms with Crippen LogP contribution in [0.3, 0.4) is 0 Å². The van der Waals surface area contributed by atoms with Crippen LogP contribution in [-0.4, -0.2) is 48.5 Å². The summed E-state index contributed by atoms with van der Waals surface area (Å²) in [4.78, 5) is 11.8. The van der Waals surface area contributed by atoms with Crippen molar-refractivity contribution in [1.29, 1.82) is 0 Å². The molecule has 0 aliphatic carbocycles. The molecular weight excluding hydrogens is 260 g/mol. The number of nitrogens with two attached hydrogens (primary N) is 1. The Morgan fingerprint density at radius 1 is 1.40 bits per heavy atom. The van der Waals surface area contributed by atoms with E-state index in [4.69, 9.17) is 15.6 Å². The average molecular weight is 282 g/mol. The molecule has 2 atom stereocenters. The van der Waals surface area contributed by atoms with E-state index in [1.165, 1.54) is 7.11 Å². The highest BCUT2D eigenvalue weighted by Crippen LogP contribution is 2.10. The predicted octanol–water partition coefficient (Wildman–Crippen LogP) is -0.224.